The Morgan fingerprint density at radius 2 is 2.00 bits per heavy atom. The zero-order valence-electron chi connectivity index (χ0n) is 8.47. The molecule has 1 saturated carbocycles. The molecule has 2 rings (SSSR count). The minimum Gasteiger partial charge on any atom is -0.488 e. The van der Waals surface area contributed by atoms with Gasteiger partial charge in [0, 0.05) is 0 Å². The van der Waals surface area contributed by atoms with Gasteiger partial charge in [0.25, 0.3) is 11.8 Å². The molecule has 6 heteroatoms. The van der Waals surface area contributed by atoms with Crippen molar-refractivity contribution in [3.63, 3.8) is 0 Å². The molecule has 1 aromatic heterocycles. The van der Waals surface area contributed by atoms with Crippen molar-refractivity contribution in [1.82, 2.24) is 4.98 Å². The second-order valence-corrected chi connectivity index (χ2v) is 3.61. The SMILES string of the molecule is NC(=O)c1cc(C(N)=O)c(OC2CC2)cn1. The second-order valence-electron chi connectivity index (χ2n) is 3.61. The Balaban J connectivity index is 2.35. The molecule has 0 atom stereocenters. The van der Waals surface area contributed by atoms with Gasteiger partial charge >= 0.3 is 0 Å². The fourth-order valence-corrected chi connectivity index (χ4v) is 1.23. The number of nitrogens with zero attached hydrogens (tertiary/aromatic N) is 1. The molecule has 0 aromatic carbocycles. The summed E-state index contributed by atoms with van der Waals surface area (Å²) in [6.07, 6.45) is 3.34. The van der Waals surface area contributed by atoms with Crippen LogP contribution in [-0.4, -0.2) is 22.9 Å². The molecule has 1 aromatic rings. The molecule has 16 heavy (non-hydrogen) atoms. The van der Waals surface area contributed by atoms with E-state index in [9.17, 15) is 9.59 Å². The van der Waals surface area contributed by atoms with E-state index in [-0.39, 0.29) is 17.4 Å². The summed E-state index contributed by atoms with van der Waals surface area (Å²) >= 11 is 0. The lowest BCUT2D eigenvalue weighted by Crippen LogP contribution is -2.18. The van der Waals surface area contributed by atoms with Crippen LogP contribution in [-0.2, 0) is 0 Å². The normalized spacial score (nSPS) is 14.5. The third-order valence-electron chi connectivity index (χ3n) is 2.20. The third kappa shape index (κ3) is 2.10. The fourth-order valence-electron chi connectivity index (χ4n) is 1.23. The maximum Gasteiger partial charge on any atom is 0.267 e. The number of carbonyl (C=O) groups excluding carboxylic acids is 2. The quantitative estimate of drug-likeness (QED) is 0.735. The Kier molecular flexibility index (Phi) is 2.47. The summed E-state index contributed by atoms with van der Waals surface area (Å²) in [5, 5.41) is 0. The molecular weight excluding hydrogens is 210 g/mol. The van der Waals surface area contributed by atoms with Crippen LogP contribution >= 0.6 is 0 Å². The number of hydrogen-bond acceptors (Lipinski definition) is 4. The summed E-state index contributed by atoms with van der Waals surface area (Å²) in [7, 11) is 0. The molecule has 6 nitrogen and oxygen atoms in total. The van der Waals surface area contributed by atoms with Crippen molar-refractivity contribution in [1.29, 1.82) is 0 Å². The van der Waals surface area contributed by atoms with E-state index >= 15 is 0 Å². The predicted octanol–water partition coefficient (Wildman–Crippen LogP) is -0.179. The van der Waals surface area contributed by atoms with Crippen molar-refractivity contribution in [2.45, 2.75) is 18.9 Å². The first-order valence-corrected chi connectivity index (χ1v) is 4.84. The van der Waals surface area contributed by atoms with Gasteiger partial charge in [-0.2, -0.15) is 0 Å². The summed E-state index contributed by atoms with van der Waals surface area (Å²) in [6.45, 7) is 0. The largest absolute Gasteiger partial charge is 0.488 e. The van der Waals surface area contributed by atoms with Gasteiger partial charge in [-0.15, -0.1) is 0 Å². The standard InChI is InChI=1S/C10H11N3O3/c11-9(14)6-3-7(10(12)15)13-4-8(6)16-5-1-2-5/h3-5H,1-2H2,(H2,11,14)(H2,12,15). The number of amides is 2. The first kappa shape index (κ1) is 10.4. The molecule has 1 aliphatic carbocycles. The first-order chi connectivity index (χ1) is 7.58. The molecule has 0 spiro atoms. The van der Waals surface area contributed by atoms with Gasteiger partial charge in [-0.3, -0.25) is 9.59 Å². The van der Waals surface area contributed by atoms with E-state index in [1.165, 1.54) is 12.3 Å². The lowest BCUT2D eigenvalue weighted by Gasteiger charge is -2.08. The number of aromatic nitrogens is 1. The Morgan fingerprint density at radius 1 is 1.31 bits per heavy atom. The highest BCUT2D eigenvalue weighted by Crippen LogP contribution is 2.28. The van der Waals surface area contributed by atoms with E-state index in [0.717, 1.165) is 12.8 Å². The van der Waals surface area contributed by atoms with Crippen LogP contribution in [0, 0.1) is 0 Å². The Morgan fingerprint density at radius 3 is 2.50 bits per heavy atom. The molecule has 4 N–H and O–H groups in total. The zero-order valence-corrected chi connectivity index (χ0v) is 8.47. The highest BCUT2D eigenvalue weighted by atomic mass is 16.5. The van der Waals surface area contributed by atoms with Crippen molar-refractivity contribution >= 4 is 11.8 Å². The van der Waals surface area contributed by atoms with Crippen LogP contribution in [0.4, 0.5) is 0 Å². The number of pyridine rings is 1. The molecule has 1 heterocycles. The fraction of sp³-hybridized carbons (Fsp3) is 0.300. The minimum atomic E-state index is -0.708. The van der Waals surface area contributed by atoms with Crippen LogP contribution in [0.25, 0.3) is 0 Å². The molecule has 0 bridgehead atoms. The summed E-state index contributed by atoms with van der Waals surface area (Å²) in [5.41, 5.74) is 10.4. The summed E-state index contributed by atoms with van der Waals surface area (Å²) < 4.78 is 5.44. The van der Waals surface area contributed by atoms with Gasteiger partial charge in [-0.05, 0) is 18.9 Å². The van der Waals surface area contributed by atoms with Crippen molar-refractivity contribution in [3.05, 3.63) is 23.5 Å². The van der Waals surface area contributed by atoms with Crippen LogP contribution in [0.5, 0.6) is 5.75 Å². The van der Waals surface area contributed by atoms with Crippen molar-refractivity contribution in [2.24, 2.45) is 11.5 Å². The Bertz CT molecular complexity index is 455. The van der Waals surface area contributed by atoms with Crippen molar-refractivity contribution in [3.8, 4) is 5.75 Å². The van der Waals surface area contributed by atoms with Crippen LogP contribution in [0.3, 0.4) is 0 Å². The summed E-state index contributed by atoms with van der Waals surface area (Å²) in [4.78, 5) is 25.8. The lowest BCUT2D eigenvalue weighted by molar-refractivity contribution is 0.0995. The monoisotopic (exact) mass is 221 g/mol. The van der Waals surface area contributed by atoms with Crippen LogP contribution in [0.1, 0.15) is 33.7 Å². The number of carbonyl (C=O) groups is 2. The number of rotatable bonds is 4. The van der Waals surface area contributed by atoms with Gasteiger partial charge in [0.1, 0.15) is 5.69 Å². The molecule has 0 aliphatic heterocycles. The first-order valence-electron chi connectivity index (χ1n) is 4.84. The smallest absolute Gasteiger partial charge is 0.267 e. The molecule has 0 unspecified atom stereocenters. The van der Waals surface area contributed by atoms with E-state index in [1.54, 1.807) is 0 Å². The van der Waals surface area contributed by atoms with E-state index in [2.05, 4.69) is 4.98 Å². The molecule has 84 valence electrons. The van der Waals surface area contributed by atoms with Crippen LogP contribution in [0.15, 0.2) is 12.3 Å². The van der Waals surface area contributed by atoms with Crippen LogP contribution < -0.4 is 16.2 Å². The molecule has 0 saturated heterocycles. The third-order valence-corrected chi connectivity index (χ3v) is 2.20. The average Bonchev–Trinajstić information content (AvgIpc) is 3.01. The van der Waals surface area contributed by atoms with Gasteiger partial charge < -0.3 is 16.2 Å². The van der Waals surface area contributed by atoms with E-state index in [4.69, 9.17) is 16.2 Å². The average molecular weight is 221 g/mol. The number of hydrogen-bond donors (Lipinski definition) is 2. The molecular formula is C10H11N3O3. The summed E-state index contributed by atoms with van der Waals surface area (Å²) in [5.74, 6) is -1.07. The summed E-state index contributed by atoms with van der Waals surface area (Å²) in [6, 6.07) is 1.25. The maximum atomic E-state index is 11.2. The van der Waals surface area contributed by atoms with Crippen LogP contribution in [0.2, 0.25) is 0 Å². The van der Waals surface area contributed by atoms with Gasteiger partial charge in [-0.25, -0.2) is 4.98 Å². The molecule has 1 aliphatic rings. The van der Waals surface area contributed by atoms with Gasteiger partial charge in [0.05, 0.1) is 17.9 Å². The Hall–Kier alpha value is -2.11. The van der Waals surface area contributed by atoms with E-state index < -0.39 is 11.8 Å². The van der Waals surface area contributed by atoms with Gasteiger partial charge in [-0.1, -0.05) is 0 Å². The minimum absolute atomic E-state index is 0.00283. The molecule has 0 radical (unpaired) electrons. The zero-order chi connectivity index (χ0) is 11.7. The number of nitrogens with two attached hydrogens (primary N) is 2. The maximum absolute atomic E-state index is 11.2. The van der Waals surface area contributed by atoms with Gasteiger partial charge in [0.2, 0.25) is 0 Å². The molecule has 2 amide bonds. The van der Waals surface area contributed by atoms with E-state index in [1.807, 2.05) is 0 Å². The predicted molar refractivity (Wildman–Crippen MR) is 54.9 cm³/mol. The van der Waals surface area contributed by atoms with Crippen molar-refractivity contribution < 1.29 is 14.3 Å². The van der Waals surface area contributed by atoms with Gasteiger partial charge in [0.15, 0.2) is 5.75 Å². The lowest BCUT2D eigenvalue weighted by atomic mass is 10.2. The van der Waals surface area contributed by atoms with Crippen molar-refractivity contribution in [2.75, 3.05) is 0 Å². The topological polar surface area (TPSA) is 108 Å². The molecule has 1 fully saturated rings. The highest BCUT2D eigenvalue weighted by Gasteiger charge is 2.26. The number of ether oxygens (including phenoxy) is 1. The number of primary amides is 2. The van der Waals surface area contributed by atoms with E-state index in [0.29, 0.717) is 5.75 Å². The second kappa shape index (κ2) is 3.80. The highest BCUT2D eigenvalue weighted by molar-refractivity contribution is 5.99. The Labute approximate surface area is 91.6 Å².